The third kappa shape index (κ3) is 2.30. The first-order chi connectivity index (χ1) is 8.75. The van der Waals surface area contributed by atoms with Gasteiger partial charge in [-0.05, 0) is 26.5 Å². The van der Waals surface area contributed by atoms with Crippen molar-refractivity contribution in [2.24, 2.45) is 0 Å². The molecule has 3 rings (SSSR count). The fourth-order valence-electron chi connectivity index (χ4n) is 2.52. The van der Waals surface area contributed by atoms with Crippen molar-refractivity contribution in [3.8, 4) is 0 Å². The zero-order chi connectivity index (χ0) is 13.1. The molecule has 1 unspecified atom stereocenters. The van der Waals surface area contributed by atoms with E-state index >= 15 is 0 Å². The van der Waals surface area contributed by atoms with Gasteiger partial charge in [0.2, 0.25) is 0 Å². The molecule has 0 bridgehead atoms. The first-order valence-electron chi connectivity index (χ1n) is 6.95. The van der Waals surface area contributed by atoms with Gasteiger partial charge in [0.15, 0.2) is 0 Å². The van der Waals surface area contributed by atoms with Gasteiger partial charge < -0.3 is 9.32 Å². The normalized spacial score (nSPS) is 19.9. The van der Waals surface area contributed by atoms with Crippen LogP contribution in [0.15, 0.2) is 28.7 Å². The van der Waals surface area contributed by atoms with Crippen LogP contribution in [0.1, 0.15) is 32.1 Å². The summed E-state index contributed by atoms with van der Waals surface area (Å²) in [5.41, 5.74) is 2.47. The van der Waals surface area contributed by atoms with Crippen LogP contribution in [0, 0.1) is 0 Å². The van der Waals surface area contributed by atoms with Crippen molar-refractivity contribution in [2.75, 3.05) is 13.6 Å². The van der Waals surface area contributed by atoms with E-state index in [0.717, 1.165) is 25.0 Å². The number of nitrogens with zero attached hydrogens (tertiary/aromatic N) is 1. The molecule has 1 aromatic heterocycles. The van der Waals surface area contributed by atoms with Gasteiger partial charge in [-0.25, -0.2) is 0 Å². The predicted molar refractivity (Wildman–Crippen MR) is 77.1 cm³/mol. The molecule has 0 amide bonds. The summed E-state index contributed by atoms with van der Waals surface area (Å²) in [7, 11) is 2.19. The second-order valence-electron chi connectivity index (χ2n) is 4.78. The lowest BCUT2D eigenvalue weighted by molar-refractivity contribution is 0.265. The molecular weight excluding hydrogens is 222 g/mol. The Morgan fingerprint density at radius 1 is 1.22 bits per heavy atom. The number of hydrogen-bond acceptors (Lipinski definition) is 2. The highest BCUT2D eigenvalue weighted by molar-refractivity contribution is 5.82. The van der Waals surface area contributed by atoms with Crippen LogP contribution in [-0.4, -0.2) is 24.5 Å². The van der Waals surface area contributed by atoms with Gasteiger partial charge in [0.1, 0.15) is 11.3 Å². The molecule has 18 heavy (non-hydrogen) atoms. The fourth-order valence-corrected chi connectivity index (χ4v) is 2.52. The lowest BCUT2D eigenvalue weighted by Gasteiger charge is -2.21. The van der Waals surface area contributed by atoms with E-state index in [-0.39, 0.29) is 0 Å². The zero-order valence-corrected chi connectivity index (χ0v) is 11.9. The second-order valence-corrected chi connectivity index (χ2v) is 4.78. The topological polar surface area (TPSA) is 16.4 Å². The Balaban J connectivity index is 0.000000574. The Morgan fingerprint density at radius 3 is 2.72 bits per heavy atom. The highest BCUT2D eigenvalue weighted by Gasteiger charge is 2.22. The van der Waals surface area contributed by atoms with Crippen molar-refractivity contribution >= 4 is 11.0 Å². The first-order valence-corrected chi connectivity index (χ1v) is 6.95. The number of hydrogen-bond donors (Lipinski definition) is 0. The van der Waals surface area contributed by atoms with Crippen LogP contribution in [0.5, 0.6) is 0 Å². The fraction of sp³-hybridized carbons (Fsp3) is 0.500. The maximum atomic E-state index is 5.94. The van der Waals surface area contributed by atoms with Crippen LogP contribution in [0.3, 0.4) is 0 Å². The molecule has 2 heteroatoms. The van der Waals surface area contributed by atoms with E-state index in [1.165, 1.54) is 16.7 Å². The Morgan fingerprint density at radius 2 is 1.94 bits per heavy atom. The molecule has 0 radical (unpaired) electrons. The summed E-state index contributed by atoms with van der Waals surface area (Å²) >= 11 is 0. The highest BCUT2D eigenvalue weighted by atomic mass is 16.3. The van der Waals surface area contributed by atoms with Crippen LogP contribution in [0.25, 0.3) is 11.0 Å². The second kappa shape index (κ2) is 5.57. The van der Waals surface area contributed by atoms with Gasteiger partial charge in [0.25, 0.3) is 0 Å². The van der Waals surface area contributed by atoms with Crippen molar-refractivity contribution in [2.45, 2.75) is 39.7 Å². The molecule has 1 aliphatic heterocycles. The number of furan rings is 1. The molecule has 1 aliphatic rings. The standard InChI is InChI=1S/C14H17NO.C2H6/c1-10-9-12-11-5-3-4-6-13(11)16-14(12)7-8-15(10)2;1-2/h3-6,10H,7-9H2,1-2H3;1-2H3. The van der Waals surface area contributed by atoms with E-state index in [1.54, 1.807) is 0 Å². The SMILES string of the molecule is CC.CC1Cc2c(oc3ccccc23)CCN1C. The molecule has 0 fully saturated rings. The molecular formula is C16H23NO. The van der Waals surface area contributed by atoms with Crippen molar-refractivity contribution < 1.29 is 4.42 Å². The lowest BCUT2D eigenvalue weighted by atomic mass is 10.0. The Labute approximate surface area is 110 Å². The third-order valence-electron chi connectivity index (χ3n) is 3.73. The van der Waals surface area contributed by atoms with E-state index in [1.807, 2.05) is 19.9 Å². The predicted octanol–water partition coefficient (Wildman–Crippen LogP) is 3.88. The molecule has 2 nitrogen and oxygen atoms in total. The smallest absolute Gasteiger partial charge is 0.134 e. The molecule has 98 valence electrons. The van der Waals surface area contributed by atoms with Crippen molar-refractivity contribution in [3.63, 3.8) is 0 Å². The van der Waals surface area contributed by atoms with Crippen LogP contribution >= 0.6 is 0 Å². The Hall–Kier alpha value is -1.28. The van der Waals surface area contributed by atoms with E-state index in [4.69, 9.17) is 4.42 Å². The Kier molecular flexibility index (Phi) is 4.07. The highest BCUT2D eigenvalue weighted by Crippen LogP contribution is 2.29. The summed E-state index contributed by atoms with van der Waals surface area (Å²) in [5.74, 6) is 1.19. The third-order valence-corrected chi connectivity index (χ3v) is 3.73. The van der Waals surface area contributed by atoms with E-state index in [9.17, 15) is 0 Å². The molecule has 0 spiro atoms. The van der Waals surface area contributed by atoms with Gasteiger partial charge in [-0.2, -0.15) is 0 Å². The Bertz CT molecular complexity index is 515. The average molecular weight is 245 g/mol. The van der Waals surface area contributed by atoms with Crippen molar-refractivity contribution in [3.05, 3.63) is 35.6 Å². The average Bonchev–Trinajstić information content (AvgIpc) is 2.69. The zero-order valence-electron chi connectivity index (χ0n) is 11.9. The largest absolute Gasteiger partial charge is 0.461 e. The summed E-state index contributed by atoms with van der Waals surface area (Å²) in [6.07, 6.45) is 2.13. The molecule has 1 aromatic carbocycles. The maximum Gasteiger partial charge on any atom is 0.134 e. The van der Waals surface area contributed by atoms with Gasteiger partial charge in [-0.15, -0.1) is 0 Å². The van der Waals surface area contributed by atoms with Crippen molar-refractivity contribution in [1.29, 1.82) is 0 Å². The molecule has 2 heterocycles. The molecule has 1 atom stereocenters. The van der Waals surface area contributed by atoms with Gasteiger partial charge in [-0.3, -0.25) is 0 Å². The van der Waals surface area contributed by atoms with Crippen molar-refractivity contribution in [1.82, 2.24) is 4.90 Å². The van der Waals surface area contributed by atoms with Gasteiger partial charge in [-0.1, -0.05) is 32.0 Å². The minimum absolute atomic E-state index is 0.599. The van der Waals surface area contributed by atoms with Gasteiger partial charge in [0.05, 0.1) is 0 Å². The number of para-hydroxylation sites is 1. The first kappa shape index (κ1) is 13.2. The quantitative estimate of drug-likeness (QED) is 0.700. The molecule has 0 aliphatic carbocycles. The van der Waals surface area contributed by atoms with Gasteiger partial charge in [0, 0.05) is 30.0 Å². The molecule has 0 saturated heterocycles. The van der Waals surface area contributed by atoms with Crippen LogP contribution in [-0.2, 0) is 12.8 Å². The number of likely N-dealkylation sites (N-methyl/N-ethyl adjacent to an activating group) is 1. The number of fused-ring (bicyclic) bond motifs is 3. The lowest BCUT2D eigenvalue weighted by Crippen LogP contribution is -2.30. The summed E-state index contributed by atoms with van der Waals surface area (Å²) in [5, 5.41) is 1.31. The summed E-state index contributed by atoms with van der Waals surface area (Å²) < 4.78 is 5.94. The summed E-state index contributed by atoms with van der Waals surface area (Å²) in [4.78, 5) is 2.41. The molecule has 0 N–H and O–H groups in total. The number of benzene rings is 1. The monoisotopic (exact) mass is 245 g/mol. The van der Waals surface area contributed by atoms with E-state index in [2.05, 4.69) is 37.1 Å². The minimum atomic E-state index is 0.599. The summed E-state index contributed by atoms with van der Waals surface area (Å²) in [6.45, 7) is 7.38. The van der Waals surface area contributed by atoms with Crippen LogP contribution in [0.4, 0.5) is 0 Å². The van der Waals surface area contributed by atoms with E-state index in [0.29, 0.717) is 6.04 Å². The number of rotatable bonds is 0. The molecule has 2 aromatic rings. The van der Waals surface area contributed by atoms with E-state index < -0.39 is 0 Å². The van der Waals surface area contributed by atoms with Gasteiger partial charge >= 0.3 is 0 Å². The van der Waals surface area contributed by atoms with Crippen LogP contribution < -0.4 is 0 Å². The maximum absolute atomic E-state index is 5.94. The minimum Gasteiger partial charge on any atom is -0.461 e. The summed E-state index contributed by atoms with van der Waals surface area (Å²) in [6, 6.07) is 8.98. The molecule has 0 saturated carbocycles. The van der Waals surface area contributed by atoms with Crippen LogP contribution in [0.2, 0.25) is 0 Å².